The van der Waals surface area contributed by atoms with Gasteiger partial charge in [0.2, 0.25) is 23.6 Å². The van der Waals surface area contributed by atoms with Crippen molar-refractivity contribution in [3.63, 3.8) is 0 Å². The van der Waals surface area contributed by atoms with E-state index in [1.54, 1.807) is 6.07 Å². The van der Waals surface area contributed by atoms with E-state index in [0.29, 0.717) is 77.5 Å². The topological polar surface area (TPSA) is 437 Å². The van der Waals surface area contributed by atoms with Crippen LogP contribution in [0.15, 0.2) is 72.8 Å². The number of aliphatic carboxylic acids is 1. The fraction of sp³-hybridized carbons (Fsp3) is 0.450. The van der Waals surface area contributed by atoms with Crippen molar-refractivity contribution in [3.05, 3.63) is 95.1 Å². The average Bonchev–Trinajstić information content (AvgIpc) is 2.14. The third-order valence-electron chi connectivity index (χ3n) is 13.8. The first kappa shape index (κ1) is 70.6. The van der Waals surface area contributed by atoms with Crippen LogP contribution >= 0.6 is 0 Å². The number of hydrogen-bond donors (Lipinski definition) is 14. The number of carbonyl (C=O) groups is 9. The maximum absolute atomic E-state index is 14.3. The second-order valence-electron chi connectivity index (χ2n) is 20.3. The SMILES string of the molecule is COc1ccc(NC(=O)[C@H](CCCCN)NC(=O)c2cc(NC(=O)[C@H](CCCCN)NC(=O)c3cc(NC(=O)[C@H](CCCCN)NC(=O)c4cc(NC(=O)[C@@H](N)CCCCCN)ccc4OC)ccc3OC)ccc2OC)cc1C(=O)N[C@@H](C)C(=O)O. The summed E-state index contributed by atoms with van der Waals surface area (Å²) in [6, 6.07) is 11.7. The van der Waals surface area contributed by atoms with Crippen LogP contribution in [0.4, 0.5) is 22.7 Å². The summed E-state index contributed by atoms with van der Waals surface area (Å²) in [5.41, 5.74) is 29.6. The van der Waals surface area contributed by atoms with E-state index >= 15 is 0 Å². The largest absolute Gasteiger partial charge is 0.496 e. The van der Waals surface area contributed by atoms with Gasteiger partial charge in [0.1, 0.15) is 47.2 Å². The van der Waals surface area contributed by atoms with E-state index in [1.165, 1.54) is 102 Å². The number of unbranched alkanes of at least 4 members (excludes halogenated alkanes) is 5. The molecule has 0 aliphatic rings. The van der Waals surface area contributed by atoms with Crippen molar-refractivity contribution in [1.82, 2.24) is 21.3 Å². The Hall–Kier alpha value is -8.89. The van der Waals surface area contributed by atoms with Gasteiger partial charge in [-0.1, -0.05) is 12.8 Å². The summed E-state index contributed by atoms with van der Waals surface area (Å²) < 4.78 is 21.8. The van der Waals surface area contributed by atoms with Gasteiger partial charge in [0.15, 0.2) is 0 Å². The molecule has 0 heterocycles. The van der Waals surface area contributed by atoms with Gasteiger partial charge >= 0.3 is 5.97 Å². The zero-order valence-corrected chi connectivity index (χ0v) is 50.0. The van der Waals surface area contributed by atoms with Gasteiger partial charge < -0.3 is 95.3 Å². The lowest BCUT2D eigenvalue weighted by Crippen LogP contribution is -2.44. The molecule has 4 rings (SSSR count). The van der Waals surface area contributed by atoms with Crippen LogP contribution in [0, 0.1) is 0 Å². The molecule has 474 valence electrons. The highest BCUT2D eigenvalue weighted by atomic mass is 16.5. The maximum Gasteiger partial charge on any atom is 0.325 e. The minimum absolute atomic E-state index is 0.0283. The Balaban J connectivity index is 1.55. The molecule has 0 radical (unpaired) electrons. The first-order valence-corrected chi connectivity index (χ1v) is 28.7. The van der Waals surface area contributed by atoms with Crippen molar-refractivity contribution in [2.45, 2.75) is 121 Å². The smallest absolute Gasteiger partial charge is 0.325 e. The number of carboxylic acids is 1. The lowest BCUT2D eigenvalue weighted by molar-refractivity contribution is -0.138. The predicted molar refractivity (Wildman–Crippen MR) is 329 cm³/mol. The summed E-state index contributed by atoms with van der Waals surface area (Å²) in [7, 11) is 5.36. The van der Waals surface area contributed by atoms with Crippen LogP contribution in [0.1, 0.15) is 132 Å². The van der Waals surface area contributed by atoms with Gasteiger partial charge in [-0.25, -0.2) is 0 Å². The second-order valence-corrected chi connectivity index (χ2v) is 20.3. The maximum atomic E-state index is 14.3. The molecule has 0 aliphatic heterocycles. The highest BCUT2D eigenvalue weighted by Gasteiger charge is 2.29. The number of nitrogens with one attached hydrogen (secondary N) is 8. The number of hydrogen-bond acceptors (Lipinski definition) is 18. The molecule has 87 heavy (non-hydrogen) atoms. The summed E-state index contributed by atoms with van der Waals surface area (Å²) in [6.45, 7) is 2.76. The average molecular weight is 1210 g/mol. The van der Waals surface area contributed by atoms with E-state index in [-0.39, 0.29) is 87.3 Å². The molecule has 4 aromatic rings. The zero-order valence-electron chi connectivity index (χ0n) is 50.0. The van der Waals surface area contributed by atoms with Crippen molar-refractivity contribution in [2.24, 2.45) is 28.7 Å². The molecule has 5 atom stereocenters. The van der Waals surface area contributed by atoms with Crippen molar-refractivity contribution >= 4 is 76.0 Å². The van der Waals surface area contributed by atoms with E-state index in [1.807, 2.05) is 0 Å². The van der Waals surface area contributed by atoms with Crippen LogP contribution in [0.2, 0.25) is 0 Å². The third kappa shape index (κ3) is 22.2. The summed E-state index contributed by atoms with van der Waals surface area (Å²) in [5, 5.41) is 31.0. The first-order valence-electron chi connectivity index (χ1n) is 28.7. The van der Waals surface area contributed by atoms with Crippen molar-refractivity contribution in [3.8, 4) is 23.0 Å². The summed E-state index contributed by atoms with van der Waals surface area (Å²) in [5.74, 6) is -6.21. The number of amides is 8. The van der Waals surface area contributed by atoms with E-state index in [4.69, 9.17) is 47.6 Å². The number of rotatable bonds is 38. The van der Waals surface area contributed by atoms with E-state index < -0.39 is 83.4 Å². The van der Waals surface area contributed by atoms with Crippen LogP contribution in [0.5, 0.6) is 23.0 Å². The minimum Gasteiger partial charge on any atom is -0.496 e. The van der Waals surface area contributed by atoms with E-state index in [9.17, 15) is 48.3 Å². The number of ether oxygens (including phenoxy) is 4. The zero-order chi connectivity index (χ0) is 64.0. The van der Waals surface area contributed by atoms with Crippen LogP contribution in [-0.4, -0.2) is 143 Å². The van der Waals surface area contributed by atoms with Gasteiger partial charge in [-0.2, -0.15) is 0 Å². The summed E-state index contributed by atoms with van der Waals surface area (Å²) >= 11 is 0. The molecule has 0 saturated heterocycles. The lowest BCUT2D eigenvalue weighted by atomic mass is 10.1. The van der Waals surface area contributed by atoms with Crippen LogP contribution in [0.25, 0.3) is 0 Å². The normalized spacial score (nSPS) is 12.6. The van der Waals surface area contributed by atoms with Gasteiger partial charge in [-0.3, -0.25) is 43.2 Å². The monoisotopic (exact) mass is 1210 g/mol. The Morgan fingerprint density at radius 3 is 0.931 bits per heavy atom. The van der Waals surface area contributed by atoms with Gasteiger partial charge in [0, 0.05) is 22.7 Å². The molecule has 0 aromatic heterocycles. The summed E-state index contributed by atoms with van der Waals surface area (Å²) in [6.07, 6.45) is 6.05. The molecule has 8 amide bonds. The molecule has 27 nitrogen and oxygen atoms in total. The van der Waals surface area contributed by atoms with E-state index in [0.717, 1.165) is 12.8 Å². The molecular weight excluding hydrogens is 1130 g/mol. The second kappa shape index (κ2) is 36.8. The quantitative estimate of drug-likeness (QED) is 0.0286. The molecule has 0 aliphatic carbocycles. The number of methoxy groups -OCH3 is 4. The van der Waals surface area contributed by atoms with Gasteiger partial charge in [0.05, 0.1) is 56.7 Å². The Morgan fingerprint density at radius 1 is 0.391 bits per heavy atom. The highest BCUT2D eigenvalue weighted by Crippen LogP contribution is 2.28. The number of anilines is 4. The van der Waals surface area contributed by atoms with E-state index in [2.05, 4.69) is 42.5 Å². The van der Waals surface area contributed by atoms with Crippen LogP contribution in [-0.2, 0) is 24.0 Å². The Bertz CT molecular complexity index is 3000. The molecule has 0 bridgehead atoms. The van der Waals surface area contributed by atoms with Crippen LogP contribution in [0.3, 0.4) is 0 Å². The van der Waals surface area contributed by atoms with Gasteiger partial charge in [-0.05, 0) is 177 Å². The fourth-order valence-corrected chi connectivity index (χ4v) is 8.92. The molecule has 4 aromatic carbocycles. The molecular formula is C60H85N13O14. The summed E-state index contributed by atoms with van der Waals surface area (Å²) in [4.78, 5) is 122. The molecule has 0 unspecified atom stereocenters. The Morgan fingerprint density at radius 2 is 0.655 bits per heavy atom. The molecule has 0 spiro atoms. The first-order chi connectivity index (χ1) is 41.7. The van der Waals surface area contributed by atoms with Crippen LogP contribution < -0.4 is 90.2 Å². The van der Waals surface area contributed by atoms with Gasteiger partial charge in [0.25, 0.3) is 23.6 Å². The Labute approximate surface area is 506 Å². The number of carbonyl (C=O) groups excluding carboxylic acids is 8. The van der Waals surface area contributed by atoms with Crippen molar-refractivity contribution in [1.29, 1.82) is 0 Å². The lowest BCUT2D eigenvalue weighted by Gasteiger charge is -2.22. The molecule has 19 N–H and O–H groups in total. The number of benzene rings is 4. The predicted octanol–water partition coefficient (Wildman–Crippen LogP) is 3.31. The molecule has 0 saturated carbocycles. The fourth-order valence-electron chi connectivity index (χ4n) is 8.92. The van der Waals surface area contributed by atoms with Crippen molar-refractivity contribution < 1.29 is 67.2 Å². The van der Waals surface area contributed by atoms with Crippen molar-refractivity contribution in [2.75, 3.05) is 75.9 Å². The van der Waals surface area contributed by atoms with Gasteiger partial charge in [-0.15, -0.1) is 0 Å². The molecule has 0 fully saturated rings. The third-order valence-corrected chi connectivity index (χ3v) is 13.8. The standard InChI is InChI=1S/C60H85N13O14/c1-35(60(82)83)66-52(74)40-32-37(20-24-48(40)84-2)68-57(79)45(16-8-12-28-62)72-54(76)42-34-39(22-26-50(42)86-4)70-59(81)47(18-10-14-30-64)73-55(77)43-33-38(21-25-51(43)87-5)69-58(80)46(17-9-13-29-63)71-53(75)41-31-36(19-23-49(41)85-3)67-56(78)44(65)15-7-6-11-27-61/h19-26,31-35,44-47H,6-18,27-30,61-65H2,1-5H3,(H,66,74)(H,67,78)(H,68,79)(H,69,80)(H,70,81)(H,71,75)(H,72,76)(H,73,77)(H,82,83)/t35-,44-,45-,46-,47-/m0/s1. The minimum atomic E-state index is -1.27. The molecule has 27 heteroatoms. The highest BCUT2D eigenvalue weighted by molar-refractivity contribution is 6.08. The number of nitrogens with two attached hydrogens (primary N) is 5. The Kier molecular flexibility index (Phi) is 29.9. The number of carboxylic acid groups (broad SMARTS) is 1.